The van der Waals surface area contributed by atoms with Crippen molar-refractivity contribution in [1.82, 2.24) is 0 Å². The van der Waals surface area contributed by atoms with Crippen LogP contribution in [-0.4, -0.2) is 74.7 Å². The number of phenolic OH excluding ortho intramolecular Hbond substituents is 2. The van der Waals surface area contributed by atoms with E-state index in [0.29, 0.717) is 34.5 Å². The Balaban J connectivity index is 1.66. The number of Topliss-reactive ketones (excluding diaryl/α,β-unsaturated/α-hetero) is 1. The van der Waals surface area contributed by atoms with Crippen molar-refractivity contribution in [2.45, 2.75) is 61.4 Å². The van der Waals surface area contributed by atoms with Crippen LogP contribution in [0.1, 0.15) is 36.8 Å². The summed E-state index contributed by atoms with van der Waals surface area (Å²) in [6.07, 6.45) is 1.20. The van der Waals surface area contributed by atoms with Gasteiger partial charge in [-0.25, -0.2) is 0 Å². The molecule has 2 saturated carbocycles. The number of hydrogen-bond acceptors (Lipinski definition) is 6. The Labute approximate surface area is 162 Å². The third kappa shape index (κ3) is 1.67. The third-order valence-corrected chi connectivity index (χ3v) is 8.36. The van der Waals surface area contributed by atoms with Crippen molar-refractivity contribution in [3.05, 3.63) is 17.2 Å². The molecular weight excluding hydrogens is 362 g/mol. The van der Waals surface area contributed by atoms with E-state index in [1.165, 1.54) is 18.9 Å². The first-order valence-corrected chi connectivity index (χ1v) is 10.2. The number of likely N-dealkylation sites (tertiary alicyclic amines) is 1. The predicted octanol–water partition coefficient (Wildman–Crippen LogP) is 0.346. The minimum absolute atomic E-state index is 0.0583. The number of rotatable bonds is 2. The number of ether oxygens (including phenoxy) is 1. The fourth-order valence-electron chi connectivity index (χ4n) is 7.12. The second kappa shape index (κ2) is 4.83. The van der Waals surface area contributed by atoms with Gasteiger partial charge >= 0.3 is 0 Å². The van der Waals surface area contributed by atoms with Crippen LogP contribution in [0, 0.1) is 5.92 Å². The summed E-state index contributed by atoms with van der Waals surface area (Å²) in [7, 11) is 2.08. The minimum atomic E-state index is -1.33. The van der Waals surface area contributed by atoms with Crippen LogP contribution in [0.2, 0.25) is 0 Å². The van der Waals surface area contributed by atoms with Crippen LogP contribution in [0.4, 0.5) is 0 Å². The lowest BCUT2D eigenvalue weighted by molar-refractivity contribution is -0.954. The van der Waals surface area contributed by atoms with Crippen LogP contribution in [0.3, 0.4) is 0 Å². The van der Waals surface area contributed by atoms with Crippen LogP contribution >= 0.6 is 0 Å². The molecule has 5 aliphatic rings. The molecule has 28 heavy (non-hydrogen) atoms. The largest absolute Gasteiger partial charge is 0.508 e. The van der Waals surface area contributed by atoms with Crippen molar-refractivity contribution in [1.29, 1.82) is 0 Å². The molecule has 0 unspecified atom stereocenters. The molecular formula is C21H26NO6+. The highest BCUT2D eigenvalue weighted by atomic mass is 16.5. The van der Waals surface area contributed by atoms with Crippen molar-refractivity contribution in [2.75, 3.05) is 20.1 Å². The van der Waals surface area contributed by atoms with E-state index in [0.717, 1.165) is 6.54 Å². The number of aliphatic hydroxyl groups is 2. The van der Waals surface area contributed by atoms with E-state index in [2.05, 4.69) is 7.05 Å². The van der Waals surface area contributed by atoms with Gasteiger partial charge in [-0.15, -0.1) is 0 Å². The first kappa shape index (κ1) is 17.1. The van der Waals surface area contributed by atoms with Gasteiger partial charge in [-0.2, -0.15) is 0 Å². The maximum Gasteiger partial charge on any atom is 0.174 e. The molecule has 2 bridgehead atoms. The van der Waals surface area contributed by atoms with Gasteiger partial charge in [-0.05, 0) is 19.3 Å². The lowest BCUT2D eigenvalue weighted by Crippen LogP contribution is -2.85. The first-order valence-electron chi connectivity index (χ1n) is 10.2. The Bertz CT molecular complexity index is 928. The van der Waals surface area contributed by atoms with Gasteiger partial charge < -0.3 is 29.6 Å². The van der Waals surface area contributed by atoms with E-state index < -0.39 is 23.2 Å². The summed E-state index contributed by atoms with van der Waals surface area (Å²) in [5.41, 5.74) is -1.61. The number of hydrogen-bond donors (Lipinski definition) is 4. The molecule has 2 heterocycles. The predicted molar refractivity (Wildman–Crippen MR) is 97.2 cm³/mol. The van der Waals surface area contributed by atoms with Crippen molar-refractivity contribution in [3.8, 4) is 17.2 Å². The zero-order valence-corrected chi connectivity index (χ0v) is 15.9. The van der Waals surface area contributed by atoms with Crippen molar-refractivity contribution >= 4 is 5.78 Å². The maximum atomic E-state index is 12.9. The summed E-state index contributed by atoms with van der Waals surface area (Å²) in [4.78, 5) is 12.9. The van der Waals surface area contributed by atoms with E-state index in [1.807, 2.05) is 0 Å². The molecule has 6 rings (SSSR count). The number of ketones is 1. The Morgan fingerprint density at radius 1 is 1.29 bits per heavy atom. The molecule has 3 fully saturated rings. The van der Waals surface area contributed by atoms with E-state index in [9.17, 15) is 25.2 Å². The zero-order valence-electron chi connectivity index (χ0n) is 15.9. The number of piperidine rings is 1. The van der Waals surface area contributed by atoms with Crippen molar-refractivity contribution < 1.29 is 34.4 Å². The average Bonchev–Trinajstić information content (AvgIpc) is 3.33. The van der Waals surface area contributed by atoms with Crippen LogP contribution < -0.4 is 4.74 Å². The van der Waals surface area contributed by atoms with E-state index in [-0.39, 0.29) is 41.9 Å². The van der Waals surface area contributed by atoms with Crippen LogP contribution in [0.25, 0.3) is 0 Å². The highest BCUT2D eigenvalue weighted by molar-refractivity contribution is 5.90. The third-order valence-electron chi connectivity index (χ3n) is 8.36. The molecule has 150 valence electrons. The summed E-state index contributed by atoms with van der Waals surface area (Å²) in [5, 5.41) is 44.8. The Morgan fingerprint density at radius 3 is 2.75 bits per heavy atom. The standard InChI is InChI=1S/C21H25NO6/c1-22(8-10-2-3-10)9-16(26)21-17-11-6-15(22)20(21,27)5-4-12(23)19(21)28-18(17)14(25)7-13(11)24/h7,10,15-16,19,26-27H,2-6,8-9H2,1H3,(H-,24,25)/p+1/t15-,16-,19+,20-,21+,22+/m1/s1. The number of carbonyl (C=O) groups excluding carboxylic acids is 1. The van der Waals surface area contributed by atoms with Crippen molar-refractivity contribution in [3.63, 3.8) is 0 Å². The summed E-state index contributed by atoms with van der Waals surface area (Å²) >= 11 is 0. The van der Waals surface area contributed by atoms with Gasteiger partial charge in [0.1, 0.15) is 35.5 Å². The monoisotopic (exact) mass is 388 g/mol. The summed E-state index contributed by atoms with van der Waals surface area (Å²) < 4.78 is 6.46. The van der Waals surface area contributed by atoms with Gasteiger partial charge in [0.05, 0.1) is 13.6 Å². The number of aromatic hydroxyl groups is 2. The van der Waals surface area contributed by atoms with Crippen molar-refractivity contribution in [2.24, 2.45) is 5.92 Å². The maximum absolute atomic E-state index is 12.9. The van der Waals surface area contributed by atoms with Gasteiger partial charge in [0.2, 0.25) is 0 Å². The highest BCUT2D eigenvalue weighted by Crippen LogP contribution is 2.67. The Kier molecular flexibility index (Phi) is 2.94. The molecule has 7 heteroatoms. The van der Waals surface area contributed by atoms with E-state index in [1.54, 1.807) is 0 Å². The smallest absolute Gasteiger partial charge is 0.174 e. The number of nitrogens with zero attached hydrogens (tertiary/aromatic N) is 1. The van der Waals surface area contributed by atoms with E-state index >= 15 is 0 Å². The molecule has 3 aliphatic carbocycles. The molecule has 0 amide bonds. The van der Waals surface area contributed by atoms with Gasteiger partial charge in [0.15, 0.2) is 23.4 Å². The Hall–Kier alpha value is -1.83. The number of benzene rings is 1. The van der Waals surface area contributed by atoms with E-state index in [4.69, 9.17) is 4.74 Å². The fraction of sp³-hybridized carbons (Fsp3) is 0.667. The summed E-state index contributed by atoms with van der Waals surface area (Å²) in [6, 6.07) is 1.01. The number of likely N-dealkylation sites (N-methyl/N-ethyl adjacent to an activating group) is 1. The molecule has 1 aromatic carbocycles. The topological polar surface area (TPSA) is 107 Å². The minimum Gasteiger partial charge on any atom is -0.508 e. The van der Waals surface area contributed by atoms with Crippen LogP contribution in [-0.2, 0) is 16.6 Å². The molecule has 7 nitrogen and oxygen atoms in total. The summed E-state index contributed by atoms with van der Waals surface area (Å²) in [6.45, 7) is 1.30. The quantitative estimate of drug-likeness (QED) is 0.545. The first-order chi connectivity index (χ1) is 13.2. The molecule has 4 N–H and O–H groups in total. The van der Waals surface area contributed by atoms with Crippen LogP contribution in [0.15, 0.2) is 6.07 Å². The lowest BCUT2D eigenvalue weighted by atomic mass is 9.47. The van der Waals surface area contributed by atoms with Gasteiger partial charge in [0, 0.05) is 36.0 Å². The SMILES string of the molecule is C[N@+]1(CC2CC2)C[C@@H](O)[C@]23c4c5c(O)cc(O)c4O[C@H]2C(=O)CC[C@@]3(O)[C@H]1C5. The number of carbonyl (C=O) groups is 1. The highest BCUT2D eigenvalue weighted by Gasteiger charge is 2.80. The molecule has 0 aromatic heterocycles. The number of aliphatic hydroxyl groups excluding tert-OH is 1. The second-order valence-electron chi connectivity index (χ2n) is 9.88. The van der Waals surface area contributed by atoms with Gasteiger partial charge in [-0.1, -0.05) is 0 Å². The fourth-order valence-corrected chi connectivity index (χ4v) is 7.12. The Morgan fingerprint density at radius 2 is 2.04 bits per heavy atom. The second-order valence-corrected chi connectivity index (χ2v) is 9.88. The zero-order chi connectivity index (χ0) is 19.6. The van der Waals surface area contributed by atoms with Gasteiger partial charge in [0.25, 0.3) is 0 Å². The van der Waals surface area contributed by atoms with Crippen LogP contribution in [0.5, 0.6) is 17.2 Å². The number of phenols is 2. The average molecular weight is 388 g/mol. The summed E-state index contributed by atoms with van der Waals surface area (Å²) in [5.74, 6) is 0.269. The molecule has 1 saturated heterocycles. The van der Waals surface area contributed by atoms with Gasteiger partial charge in [-0.3, -0.25) is 4.79 Å². The molecule has 1 aromatic rings. The molecule has 6 atom stereocenters. The molecule has 0 radical (unpaired) electrons. The lowest BCUT2D eigenvalue weighted by Gasteiger charge is -2.65. The molecule has 1 spiro atoms. The number of quaternary nitrogens is 1. The molecule has 2 aliphatic heterocycles. The normalized spacial score (nSPS) is 45.5.